The van der Waals surface area contributed by atoms with Crippen molar-refractivity contribution < 1.29 is 9.63 Å². The molecule has 0 radical (unpaired) electrons. The summed E-state index contributed by atoms with van der Waals surface area (Å²) < 4.78 is 0. The zero-order chi connectivity index (χ0) is 17.1. The molecule has 1 aromatic rings. The van der Waals surface area contributed by atoms with Crippen molar-refractivity contribution in [1.82, 2.24) is 5.06 Å². The number of aldehydes is 1. The summed E-state index contributed by atoms with van der Waals surface area (Å²) in [5, 5.41) is 7.63. The Labute approximate surface area is 141 Å². The van der Waals surface area contributed by atoms with Gasteiger partial charge in [0, 0.05) is 20.9 Å². The van der Waals surface area contributed by atoms with Crippen LogP contribution in [0.5, 0.6) is 0 Å². The fraction of sp³-hybridized carbons (Fsp3) is 0.688. The number of piperidine rings is 1. The molecule has 126 valence electrons. The zero-order valence-corrected chi connectivity index (χ0v) is 14.9. The smallest absolute Gasteiger partial charge is 0.151 e. The van der Waals surface area contributed by atoms with Crippen LogP contribution in [-0.4, -0.2) is 28.5 Å². The van der Waals surface area contributed by atoms with E-state index in [1.54, 1.807) is 0 Å². The Morgan fingerprint density at radius 3 is 2.52 bits per heavy atom. The third-order valence-electron chi connectivity index (χ3n) is 4.36. The van der Waals surface area contributed by atoms with Gasteiger partial charge in [-0.05, 0) is 63.9 Å². The molecule has 1 saturated heterocycles. The van der Waals surface area contributed by atoms with Gasteiger partial charge in [0.05, 0.1) is 0 Å². The summed E-state index contributed by atoms with van der Waals surface area (Å²) in [4.78, 5) is 21.5. The molecule has 1 aliphatic rings. The van der Waals surface area contributed by atoms with Gasteiger partial charge in [0.1, 0.15) is 12.1 Å². The summed E-state index contributed by atoms with van der Waals surface area (Å²) in [5.74, 6) is 0. The molecule has 1 fully saturated rings. The highest BCUT2D eigenvalue weighted by Crippen LogP contribution is 2.40. The molecule has 2 heterocycles. The standard InChI is InChI=1S/C16H24N4O2S/c1-15(2)8-6-9-16(3,4)20(15)22-12(11-21)14(18-19-17)13-7-5-10-23-13/h5,7,10-12,14H,6,8-9H2,1-4H3/t12-,14-/m0/s1. The lowest BCUT2D eigenvalue weighted by Gasteiger charge is -2.52. The van der Waals surface area contributed by atoms with Crippen molar-refractivity contribution in [2.45, 2.75) is 70.2 Å². The van der Waals surface area contributed by atoms with E-state index in [1.165, 1.54) is 11.3 Å². The molecule has 0 aliphatic carbocycles. The number of carbonyl (C=O) groups is 1. The predicted molar refractivity (Wildman–Crippen MR) is 91.0 cm³/mol. The molecule has 0 bridgehead atoms. The molecule has 0 unspecified atom stereocenters. The number of hydroxylamine groups is 2. The van der Waals surface area contributed by atoms with Crippen LogP contribution in [0.25, 0.3) is 10.4 Å². The third-order valence-corrected chi connectivity index (χ3v) is 5.30. The second kappa shape index (κ2) is 7.01. The minimum absolute atomic E-state index is 0.181. The molecule has 1 aromatic heterocycles. The van der Waals surface area contributed by atoms with Gasteiger partial charge in [-0.25, -0.2) is 0 Å². The number of hydrogen-bond donors (Lipinski definition) is 0. The van der Waals surface area contributed by atoms with E-state index in [-0.39, 0.29) is 11.1 Å². The van der Waals surface area contributed by atoms with Crippen LogP contribution in [0.1, 0.15) is 57.9 Å². The maximum Gasteiger partial charge on any atom is 0.151 e. The fourth-order valence-corrected chi connectivity index (χ4v) is 4.13. The van der Waals surface area contributed by atoms with E-state index in [4.69, 9.17) is 10.4 Å². The van der Waals surface area contributed by atoms with E-state index in [9.17, 15) is 4.79 Å². The molecule has 1 aliphatic heterocycles. The second-order valence-corrected chi connectivity index (χ2v) is 8.12. The summed E-state index contributed by atoms with van der Waals surface area (Å²) in [5.41, 5.74) is 8.51. The van der Waals surface area contributed by atoms with Crippen molar-refractivity contribution in [1.29, 1.82) is 0 Å². The summed E-state index contributed by atoms with van der Waals surface area (Å²) in [6.45, 7) is 8.46. The van der Waals surface area contributed by atoms with Crippen molar-refractivity contribution in [3.8, 4) is 0 Å². The Morgan fingerprint density at radius 1 is 1.39 bits per heavy atom. The van der Waals surface area contributed by atoms with Crippen molar-refractivity contribution in [3.63, 3.8) is 0 Å². The van der Waals surface area contributed by atoms with E-state index in [0.717, 1.165) is 30.4 Å². The number of rotatable bonds is 6. The number of thiophene rings is 1. The molecular weight excluding hydrogens is 312 g/mol. The highest BCUT2D eigenvalue weighted by Gasteiger charge is 2.44. The van der Waals surface area contributed by atoms with Gasteiger partial charge in [0.2, 0.25) is 0 Å². The monoisotopic (exact) mass is 336 g/mol. The van der Waals surface area contributed by atoms with Gasteiger partial charge in [0.25, 0.3) is 0 Å². The van der Waals surface area contributed by atoms with Gasteiger partial charge in [0.15, 0.2) is 6.29 Å². The minimum atomic E-state index is -0.832. The van der Waals surface area contributed by atoms with Gasteiger partial charge >= 0.3 is 0 Å². The Kier molecular flexibility index (Phi) is 5.47. The van der Waals surface area contributed by atoms with E-state index in [0.29, 0.717) is 0 Å². The van der Waals surface area contributed by atoms with Gasteiger partial charge < -0.3 is 4.79 Å². The molecular formula is C16H24N4O2S. The number of carbonyl (C=O) groups excluding carboxylic acids is 1. The van der Waals surface area contributed by atoms with Crippen LogP contribution >= 0.6 is 11.3 Å². The Hall–Kier alpha value is -1.40. The first-order chi connectivity index (χ1) is 10.8. The number of hydrogen-bond acceptors (Lipinski definition) is 5. The van der Waals surface area contributed by atoms with Crippen LogP contribution in [-0.2, 0) is 9.63 Å². The lowest BCUT2D eigenvalue weighted by Crippen LogP contribution is -2.59. The SMILES string of the molecule is CC1(C)CCCC(C)(C)N1O[C@@H](C=O)[C@H](N=[N+]=[N-])c1cccs1. The van der Waals surface area contributed by atoms with E-state index in [1.807, 2.05) is 22.6 Å². The lowest BCUT2D eigenvalue weighted by molar-refractivity contribution is -0.299. The molecule has 2 rings (SSSR count). The summed E-state index contributed by atoms with van der Waals surface area (Å²) in [7, 11) is 0. The molecule has 0 aromatic carbocycles. The quantitative estimate of drug-likeness (QED) is 0.328. The van der Waals surface area contributed by atoms with Crippen molar-refractivity contribution in [2.75, 3.05) is 0 Å². The first-order valence-electron chi connectivity index (χ1n) is 7.82. The Bertz CT molecular complexity index is 563. The van der Waals surface area contributed by atoms with Crippen LogP contribution < -0.4 is 0 Å². The summed E-state index contributed by atoms with van der Waals surface area (Å²) in [6.07, 6.45) is 3.01. The molecule has 0 amide bonds. The highest BCUT2D eigenvalue weighted by atomic mass is 32.1. The molecule has 0 saturated carbocycles. The topological polar surface area (TPSA) is 78.3 Å². The van der Waals surface area contributed by atoms with Gasteiger partial charge in [-0.2, -0.15) is 5.06 Å². The fourth-order valence-electron chi connectivity index (χ4n) is 3.34. The van der Waals surface area contributed by atoms with E-state index >= 15 is 0 Å². The second-order valence-electron chi connectivity index (χ2n) is 7.14. The van der Waals surface area contributed by atoms with Crippen molar-refractivity contribution >= 4 is 17.6 Å². The third kappa shape index (κ3) is 3.93. The average Bonchev–Trinajstić information content (AvgIpc) is 2.98. The zero-order valence-electron chi connectivity index (χ0n) is 14.1. The lowest BCUT2D eigenvalue weighted by atomic mass is 9.82. The number of azide groups is 1. The Morgan fingerprint density at radius 2 is 2.04 bits per heavy atom. The normalized spacial score (nSPS) is 22.8. The van der Waals surface area contributed by atoms with Crippen molar-refractivity contribution in [2.24, 2.45) is 5.11 Å². The van der Waals surface area contributed by atoms with E-state index in [2.05, 4.69) is 37.7 Å². The average molecular weight is 336 g/mol. The number of nitrogens with zero attached hydrogens (tertiary/aromatic N) is 4. The molecule has 0 N–H and O–H groups in total. The van der Waals surface area contributed by atoms with Crippen LogP contribution in [0.2, 0.25) is 0 Å². The molecule has 23 heavy (non-hydrogen) atoms. The predicted octanol–water partition coefficient (Wildman–Crippen LogP) is 4.64. The molecule has 6 nitrogen and oxygen atoms in total. The summed E-state index contributed by atoms with van der Waals surface area (Å²) in [6, 6.07) is 3.08. The maximum absolute atomic E-state index is 11.7. The largest absolute Gasteiger partial charge is 0.300 e. The molecule has 2 atom stereocenters. The van der Waals surface area contributed by atoms with Crippen LogP contribution in [0.3, 0.4) is 0 Å². The minimum Gasteiger partial charge on any atom is -0.300 e. The van der Waals surface area contributed by atoms with Crippen molar-refractivity contribution in [3.05, 3.63) is 32.8 Å². The van der Waals surface area contributed by atoms with Gasteiger partial charge in [-0.3, -0.25) is 4.84 Å². The maximum atomic E-state index is 11.7. The first kappa shape index (κ1) is 17.9. The highest BCUT2D eigenvalue weighted by molar-refractivity contribution is 7.10. The van der Waals surface area contributed by atoms with Crippen LogP contribution in [0.15, 0.2) is 22.6 Å². The van der Waals surface area contributed by atoms with Gasteiger partial charge in [-0.1, -0.05) is 11.2 Å². The van der Waals surface area contributed by atoms with Crippen LogP contribution in [0.4, 0.5) is 0 Å². The molecule has 7 heteroatoms. The van der Waals surface area contributed by atoms with Crippen LogP contribution in [0, 0.1) is 0 Å². The molecule has 0 spiro atoms. The first-order valence-corrected chi connectivity index (χ1v) is 8.70. The van der Waals surface area contributed by atoms with E-state index < -0.39 is 12.1 Å². The van der Waals surface area contributed by atoms with Gasteiger partial charge in [-0.15, -0.1) is 11.3 Å². The Balaban J connectivity index is 2.29. The summed E-state index contributed by atoms with van der Waals surface area (Å²) >= 11 is 1.45.